The quantitative estimate of drug-likeness (QED) is 0.854. The average molecular weight is 223 g/mol. The molecule has 1 aliphatic rings. The zero-order valence-corrected chi connectivity index (χ0v) is 9.58. The number of hydrogen-bond acceptors (Lipinski definition) is 2. The molecule has 2 atom stereocenters. The standard InChI is InChI=1S/C13H18FNO/c1-9-2-3-11(14)7-12(9)13(15)6-10-4-5-16-8-10/h2-3,7,10,13H,4-6,8,15H2,1H3. The number of aryl methyl sites for hydroxylation is 1. The summed E-state index contributed by atoms with van der Waals surface area (Å²) in [5.74, 6) is 0.316. The van der Waals surface area contributed by atoms with Gasteiger partial charge in [-0.3, -0.25) is 0 Å². The van der Waals surface area contributed by atoms with E-state index >= 15 is 0 Å². The first kappa shape index (κ1) is 11.6. The molecule has 0 radical (unpaired) electrons. The van der Waals surface area contributed by atoms with Crippen molar-refractivity contribution in [1.29, 1.82) is 0 Å². The highest BCUT2D eigenvalue weighted by atomic mass is 19.1. The molecule has 1 aliphatic heterocycles. The van der Waals surface area contributed by atoms with E-state index in [1.54, 1.807) is 12.1 Å². The van der Waals surface area contributed by atoms with E-state index in [9.17, 15) is 4.39 Å². The molecule has 2 unspecified atom stereocenters. The third-order valence-electron chi connectivity index (χ3n) is 3.25. The average Bonchev–Trinajstić information content (AvgIpc) is 2.74. The second-order valence-electron chi connectivity index (χ2n) is 4.57. The van der Waals surface area contributed by atoms with Crippen LogP contribution < -0.4 is 5.73 Å². The first-order valence-corrected chi connectivity index (χ1v) is 5.76. The first-order valence-electron chi connectivity index (χ1n) is 5.76. The molecule has 1 aromatic carbocycles. The highest BCUT2D eigenvalue weighted by molar-refractivity contribution is 5.29. The van der Waals surface area contributed by atoms with Crippen molar-refractivity contribution in [3.8, 4) is 0 Å². The van der Waals surface area contributed by atoms with E-state index in [1.807, 2.05) is 6.92 Å². The molecule has 0 aliphatic carbocycles. The van der Waals surface area contributed by atoms with E-state index in [1.165, 1.54) is 6.07 Å². The van der Waals surface area contributed by atoms with Gasteiger partial charge in [0.15, 0.2) is 0 Å². The maximum absolute atomic E-state index is 13.1. The molecule has 0 saturated carbocycles. The molecular weight excluding hydrogens is 205 g/mol. The Morgan fingerprint density at radius 1 is 1.56 bits per heavy atom. The SMILES string of the molecule is Cc1ccc(F)cc1C(N)CC1CCOC1. The molecule has 0 aromatic heterocycles. The number of ether oxygens (including phenoxy) is 1. The Kier molecular flexibility index (Phi) is 3.56. The van der Waals surface area contributed by atoms with Crippen molar-refractivity contribution in [2.45, 2.75) is 25.8 Å². The topological polar surface area (TPSA) is 35.2 Å². The van der Waals surface area contributed by atoms with Gasteiger partial charge in [-0.25, -0.2) is 4.39 Å². The van der Waals surface area contributed by atoms with Gasteiger partial charge in [-0.1, -0.05) is 6.07 Å². The van der Waals surface area contributed by atoms with Crippen molar-refractivity contribution in [2.75, 3.05) is 13.2 Å². The van der Waals surface area contributed by atoms with E-state index in [0.29, 0.717) is 5.92 Å². The van der Waals surface area contributed by atoms with Gasteiger partial charge in [0.1, 0.15) is 5.82 Å². The van der Waals surface area contributed by atoms with Gasteiger partial charge in [0.2, 0.25) is 0 Å². The van der Waals surface area contributed by atoms with Gasteiger partial charge in [-0.2, -0.15) is 0 Å². The molecule has 88 valence electrons. The fraction of sp³-hybridized carbons (Fsp3) is 0.538. The fourth-order valence-corrected chi connectivity index (χ4v) is 2.27. The van der Waals surface area contributed by atoms with Gasteiger partial charge in [0.05, 0.1) is 0 Å². The predicted molar refractivity (Wildman–Crippen MR) is 61.6 cm³/mol. The molecule has 16 heavy (non-hydrogen) atoms. The van der Waals surface area contributed by atoms with Crippen molar-refractivity contribution < 1.29 is 9.13 Å². The molecule has 3 heteroatoms. The third-order valence-corrected chi connectivity index (χ3v) is 3.25. The molecule has 2 nitrogen and oxygen atoms in total. The zero-order chi connectivity index (χ0) is 11.5. The summed E-state index contributed by atoms with van der Waals surface area (Å²) in [6, 6.07) is 4.73. The Labute approximate surface area is 95.6 Å². The molecule has 2 rings (SSSR count). The summed E-state index contributed by atoms with van der Waals surface area (Å²) < 4.78 is 18.5. The van der Waals surface area contributed by atoms with Crippen LogP contribution in [0.2, 0.25) is 0 Å². The van der Waals surface area contributed by atoms with E-state index < -0.39 is 0 Å². The van der Waals surface area contributed by atoms with Crippen LogP contribution in [0.5, 0.6) is 0 Å². The van der Waals surface area contributed by atoms with Crippen LogP contribution in [0.15, 0.2) is 18.2 Å². The molecular formula is C13H18FNO. The molecule has 1 saturated heterocycles. The molecule has 2 N–H and O–H groups in total. The molecule has 0 bridgehead atoms. The normalized spacial score (nSPS) is 22.3. The zero-order valence-electron chi connectivity index (χ0n) is 9.58. The van der Waals surface area contributed by atoms with Gasteiger partial charge < -0.3 is 10.5 Å². The Balaban J connectivity index is 2.07. The van der Waals surface area contributed by atoms with Gasteiger partial charge in [0.25, 0.3) is 0 Å². The number of nitrogens with two attached hydrogens (primary N) is 1. The van der Waals surface area contributed by atoms with Crippen molar-refractivity contribution in [3.05, 3.63) is 35.1 Å². The third kappa shape index (κ3) is 2.60. The van der Waals surface area contributed by atoms with Crippen LogP contribution in [0.1, 0.15) is 30.0 Å². The lowest BCUT2D eigenvalue weighted by atomic mass is 9.92. The molecule has 1 aromatic rings. The maximum Gasteiger partial charge on any atom is 0.123 e. The van der Waals surface area contributed by atoms with Crippen LogP contribution >= 0.6 is 0 Å². The second-order valence-corrected chi connectivity index (χ2v) is 4.57. The van der Waals surface area contributed by atoms with Gasteiger partial charge in [-0.05, 0) is 48.9 Å². The number of rotatable bonds is 3. The summed E-state index contributed by atoms with van der Waals surface area (Å²) in [6.07, 6.45) is 1.95. The number of benzene rings is 1. The van der Waals surface area contributed by atoms with Crippen LogP contribution in [0.4, 0.5) is 4.39 Å². The lowest BCUT2D eigenvalue weighted by Crippen LogP contribution is -2.17. The summed E-state index contributed by atoms with van der Waals surface area (Å²) >= 11 is 0. The Bertz CT molecular complexity index is 361. The summed E-state index contributed by atoms with van der Waals surface area (Å²) in [5.41, 5.74) is 8.11. The van der Waals surface area contributed by atoms with E-state index in [4.69, 9.17) is 10.5 Å². The number of hydrogen-bond donors (Lipinski definition) is 1. The van der Waals surface area contributed by atoms with Crippen molar-refractivity contribution in [2.24, 2.45) is 11.7 Å². The summed E-state index contributed by atoms with van der Waals surface area (Å²) in [4.78, 5) is 0. The van der Waals surface area contributed by atoms with Crippen LogP contribution in [0.3, 0.4) is 0 Å². The summed E-state index contributed by atoms with van der Waals surface area (Å²) in [7, 11) is 0. The smallest absolute Gasteiger partial charge is 0.123 e. The van der Waals surface area contributed by atoms with Crippen molar-refractivity contribution >= 4 is 0 Å². The summed E-state index contributed by atoms with van der Waals surface area (Å²) in [5, 5.41) is 0. The molecule has 1 fully saturated rings. The van der Waals surface area contributed by atoms with Gasteiger partial charge in [-0.15, -0.1) is 0 Å². The Morgan fingerprint density at radius 3 is 3.06 bits per heavy atom. The fourth-order valence-electron chi connectivity index (χ4n) is 2.27. The molecule has 0 spiro atoms. The van der Waals surface area contributed by atoms with E-state index in [2.05, 4.69) is 0 Å². The van der Waals surface area contributed by atoms with E-state index in [0.717, 1.165) is 37.2 Å². The monoisotopic (exact) mass is 223 g/mol. The van der Waals surface area contributed by atoms with E-state index in [-0.39, 0.29) is 11.9 Å². The lowest BCUT2D eigenvalue weighted by molar-refractivity contribution is 0.182. The van der Waals surface area contributed by atoms with Crippen LogP contribution in [0.25, 0.3) is 0 Å². The highest BCUT2D eigenvalue weighted by Crippen LogP contribution is 2.26. The molecule has 0 amide bonds. The number of halogens is 1. The highest BCUT2D eigenvalue weighted by Gasteiger charge is 2.20. The Morgan fingerprint density at radius 2 is 2.38 bits per heavy atom. The second kappa shape index (κ2) is 4.93. The molecule has 1 heterocycles. The maximum atomic E-state index is 13.1. The minimum atomic E-state index is -0.210. The van der Waals surface area contributed by atoms with Gasteiger partial charge in [0, 0.05) is 19.3 Å². The minimum absolute atomic E-state index is 0.0811. The van der Waals surface area contributed by atoms with Crippen LogP contribution in [-0.4, -0.2) is 13.2 Å². The van der Waals surface area contributed by atoms with Crippen molar-refractivity contribution in [3.63, 3.8) is 0 Å². The lowest BCUT2D eigenvalue weighted by Gasteiger charge is -2.17. The minimum Gasteiger partial charge on any atom is -0.381 e. The Hall–Kier alpha value is -0.930. The van der Waals surface area contributed by atoms with Crippen LogP contribution in [0, 0.1) is 18.7 Å². The summed E-state index contributed by atoms with van der Waals surface area (Å²) in [6.45, 7) is 3.60. The predicted octanol–water partition coefficient (Wildman–Crippen LogP) is 2.56. The first-order chi connectivity index (χ1) is 7.66. The van der Waals surface area contributed by atoms with Crippen molar-refractivity contribution in [1.82, 2.24) is 0 Å². The largest absolute Gasteiger partial charge is 0.381 e. The van der Waals surface area contributed by atoms with Crippen LogP contribution in [-0.2, 0) is 4.74 Å². The van der Waals surface area contributed by atoms with Gasteiger partial charge >= 0.3 is 0 Å².